The number of fused-ring (bicyclic) bond motifs is 2. The van der Waals surface area contributed by atoms with Crippen molar-refractivity contribution in [2.45, 2.75) is 161 Å². The van der Waals surface area contributed by atoms with Crippen molar-refractivity contribution in [2.75, 3.05) is 58.5 Å². The van der Waals surface area contributed by atoms with Crippen LogP contribution in [0, 0.1) is 25.6 Å². The third kappa shape index (κ3) is 13.6. The first-order valence-electron chi connectivity index (χ1n) is 32.2. The lowest BCUT2D eigenvalue weighted by molar-refractivity contribution is -0.142. The normalized spacial score (nSPS) is 19.5. The van der Waals surface area contributed by atoms with E-state index >= 15 is 4.39 Å². The highest BCUT2D eigenvalue weighted by Crippen LogP contribution is 2.54. The monoisotopic (exact) mass is 1290 g/mol. The molecule has 0 radical (unpaired) electrons. The number of halogens is 1. The standard InChI is InChI=1S/C69H83FN12O10S/c1-38(2)61(66(86)80-32-48(84)27-56(80)65(85)73-54(34-83)45-20-22-46(23-21-45)63-41(5)71-37-93-63)81-33-53(76-77-81)44-16-14-42(15-17-44)36-90-62-59(58-40(4)52(70)29-55-51(58)30-72-82(55)57-13-11-12-26-89-57)49(43-18-19-43)28-50-60(62)74-67(91-35-39(3)88-10)75-64(50)78(9)47-24-25-79(31-47)68(87)92-69(6,7)8/h14-17,20-23,28-30,33,37-39,43,47-48,54,56-57,61,83-84H,11-13,18-19,24-27,31-32,34-36H2,1-10H3,(H,73,85)/t39-,47+,48-,54+,56+,57?,61+/m1/s1. The minimum atomic E-state index is -1.00. The van der Waals surface area contributed by atoms with Crippen molar-refractivity contribution < 1.29 is 52.7 Å². The molecular weight excluding hydrogens is 1210 g/mol. The number of benzene rings is 4. The molecule has 0 bridgehead atoms. The number of carbonyl (C=O) groups excluding carboxylic acids is 3. The van der Waals surface area contributed by atoms with Crippen LogP contribution in [0.3, 0.4) is 0 Å². The molecule has 4 aromatic carbocycles. The summed E-state index contributed by atoms with van der Waals surface area (Å²) in [5, 5.41) is 39.8. The zero-order chi connectivity index (χ0) is 65.6. The van der Waals surface area contributed by atoms with Gasteiger partial charge in [-0.25, -0.2) is 23.5 Å². The minimum Gasteiger partial charge on any atom is -0.486 e. The Labute approximate surface area is 544 Å². The van der Waals surface area contributed by atoms with Crippen LogP contribution in [0.1, 0.15) is 139 Å². The number of ether oxygens (including phenoxy) is 5. The summed E-state index contributed by atoms with van der Waals surface area (Å²) in [6, 6.07) is 16.2. The number of aromatic nitrogens is 8. The predicted octanol–water partition coefficient (Wildman–Crippen LogP) is 10.8. The van der Waals surface area contributed by atoms with E-state index in [4.69, 9.17) is 38.8 Å². The number of thiazole rings is 1. The summed E-state index contributed by atoms with van der Waals surface area (Å²) in [7, 11) is 3.58. The van der Waals surface area contributed by atoms with Gasteiger partial charge in [0.15, 0.2) is 12.0 Å². The fraction of sp³-hybridized carbons (Fsp3) is 0.493. The van der Waals surface area contributed by atoms with Gasteiger partial charge in [0.1, 0.15) is 53.7 Å². The number of likely N-dealkylation sites (N-methyl/N-ethyl adjacent to an activating group) is 1. The molecule has 93 heavy (non-hydrogen) atoms. The van der Waals surface area contributed by atoms with E-state index < -0.39 is 47.5 Å². The van der Waals surface area contributed by atoms with Crippen molar-refractivity contribution in [3.63, 3.8) is 0 Å². The van der Waals surface area contributed by atoms with E-state index in [0.717, 1.165) is 64.8 Å². The number of hydrogen-bond acceptors (Lipinski definition) is 18. The number of rotatable bonds is 21. The van der Waals surface area contributed by atoms with Gasteiger partial charge in [0.05, 0.1) is 58.8 Å². The highest BCUT2D eigenvalue weighted by atomic mass is 32.1. The van der Waals surface area contributed by atoms with Crippen molar-refractivity contribution in [3.05, 3.63) is 112 Å². The van der Waals surface area contributed by atoms with Crippen LogP contribution in [0.4, 0.5) is 15.0 Å². The Balaban J connectivity index is 0.861. The molecule has 0 spiro atoms. The maximum Gasteiger partial charge on any atom is 0.410 e. The van der Waals surface area contributed by atoms with Crippen molar-refractivity contribution in [2.24, 2.45) is 5.92 Å². The molecule has 22 nitrogen and oxygen atoms in total. The lowest BCUT2D eigenvalue weighted by atomic mass is 9.88. The number of aryl methyl sites for hydroxylation is 1. The average molecular weight is 1290 g/mol. The zero-order valence-electron chi connectivity index (χ0n) is 54.5. The first-order chi connectivity index (χ1) is 44.7. The smallest absolute Gasteiger partial charge is 0.410 e. The van der Waals surface area contributed by atoms with E-state index in [2.05, 4.69) is 31.6 Å². The number of aliphatic hydroxyl groups excluding tert-OH is 2. The highest BCUT2D eigenvalue weighted by Gasteiger charge is 2.44. The molecule has 1 unspecified atom stereocenters. The van der Waals surface area contributed by atoms with Crippen LogP contribution in [-0.4, -0.2) is 161 Å². The first-order valence-corrected chi connectivity index (χ1v) is 33.1. The molecule has 4 aromatic heterocycles. The molecule has 492 valence electrons. The Kier molecular flexibility index (Phi) is 18.9. The van der Waals surface area contributed by atoms with E-state index in [1.54, 1.807) is 47.6 Å². The predicted molar refractivity (Wildman–Crippen MR) is 350 cm³/mol. The van der Waals surface area contributed by atoms with Crippen molar-refractivity contribution in [1.29, 1.82) is 0 Å². The number of aliphatic hydroxyl groups is 2. The van der Waals surface area contributed by atoms with Crippen molar-refractivity contribution >= 4 is 56.9 Å². The SMILES string of the molecule is CO[C@H](C)COc1nc(N(C)[C@H]2CCN(C(=O)OC(C)(C)C)C2)c2cc(C3CC3)c(-c3c(C)c(F)cc4c3cnn4C3CCCCO3)c(OCc3ccc(-c4cn([C@H](C(=O)N5C[C@H](O)C[C@H]5C(=O)N[C@@H](CO)c5ccc(-c6scnc6C)cc5)C(C)C)nn4)cc3)c2n1. The molecule has 3 N–H and O–H groups in total. The molecule has 8 aromatic rings. The van der Waals surface area contributed by atoms with Gasteiger partial charge in [0, 0.05) is 86.4 Å². The molecule has 4 aliphatic rings. The lowest BCUT2D eigenvalue weighted by Gasteiger charge is -2.30. The number of likely N-dealkylation sites (tertiary alicyclic amines) is 2. The largest absolute Gasteiger partial charge is 0.486 e. The third-order valence-electron chi connectivity index (χ3n) is 18.3. The van der Waals surface area contributed by atoms with Gasteiger partial charge in [0.2, 0.25) is 11.8 Å². The van der Waals surface area contributed by atoms with Crippen LogP contribution in [0.2, 0.25) is 0 Å². The second-order valence-corrected chi connectivity index (χ2v) is 27.4. The zero-order valence-corrected chi connectivity index (χ0v) is 55.3. The number of carbonyl (C=O) groups is 3. The number of nitrogens with zero attached hydrogens (tertiary/aromatic N) is 11. The number of methoxy groups -OCH3 is 1. The molecule has 3 saturated heterocycles. The number of hydrogen-bond donors (Lipinski definition) is 3. The summed E-state index contributed by atoms with van der Waals surface area (Å²) in [4.78, 5) is 63.2. The van der Waals surface area contributed by atoms with Gasteiger partial charge >= 0.3 is 12.1 Å². The Bertz CT molecular complexity index is 4030. The van der Waals surface area contributed by atoms with Gasteiger partial charge in [-0.2, -0.15) is 15.1 Å². The van der Waals surface area contributed by atoms with Crippen LogP contribution < -0.4 is 19.7 Å². The van der Waals surface area contributed by atoms with Gasteiger partial charge in [-0.3, -0.25) is 9.59 Å². The van der Waals surface area contributed by atoms with Gasteiger partial charge in [0.25, 0.3) is 0 Å². The number of amides is 3. The Hall–Kier alpha value is -8.16. The first kappa shape index (κ1) is 64.9. The average Bonchev–Trinajstić information content (AvgIpc) is 1.71. The number of anilines is 1. The quantitative estimate of drug-likeness (QED) is 0.0605. The van der Waals surface area contributed by atoms with Gasteiger partial charge in [-0.15, -0.1) is 16.4 Å². The van der Waals surface area contributed by atoms with Crippen LogP contribution in [0.5, 0.6) is 11.8 Å². The van der Waals surface area contributed by atoms with E-state index in [9.17, 15) is 24.6 Å². The molecule has 7 atom stereocenters. The molecule has 7 heterocycles. The summed E-state index contributed by atoms with van der Waals surface area (Å²) >= 11 is 1.53. The maximum atomic E-state index is 17.0. The lowest BCUT2D eigenvalue weighted by Crippen LogP contribution is -2.50. The fourth-order valence-electron chi connectivity index (χ4n) is 13.0. The van der Waals surface area contributed by atoms with Crippen molar-refractivity contribution in [3.8, 4) is 44.6 Å². The second kappa shape index (κ2) is 27.1. The summed E-state index contributed by atoms with van der Waals surface area (Å²) in [5.74, 6) is -0.492. The Morgan fingerprint density at radius 3 is 2.38 bits per heavy atom. The Morgan fingerprint density at radius 2 is 1.70 bits per heavy atom. The molecule has 1 aliphatic carbocycles. The molecule has 3 amide bonds. The van der Waals surface area contributed by atoms with Crippen LogP contribution >= 0.6 is 11.3 Å². The topological polar surface area (TPSA) is 247 Å². The number of β-amino-alcohol motifs (C(OH)–C–C–N with tert-alkyl or cyclic N) is 1. The fourth-order valence-corrected chi connectivity index (χ4v) is 13.8. The van der Waals surface area contributed by atoms with Gasteiger partial charge in [-0.1, -0.05) is 67.6 Å². The second-order valence-electron chi connectivity index (χ2n) is 26.5. The van der Waals surface area contributed by atoms with Gasteiger partial charge in [-0.05, 0) is 126 Å². The molecule has 3 aliphatic heterocycles. The van der Waals surface area contributed by atoms with E-state index in [-0.39, 0.29) is 75.1 Å². The van der Waals surface area contributed by atoms with Crippen LogP contribution in [0.25, 0.3) is 54.6 Å². The molecular formula is C69H83FN12O10S. The number of nitrogens with one attached hydrogen (secondary N) is 1. The summed E-state index contributed by atoms with van der Waals surface area (Å²) in [6.45, 7) is 16.2. The summed E-state index contributed by atoms with van der Waals surface area (Å²) in [6.07, 6.45) is 6.66. The summed E-state index contributed by atoms with van der Waals surface area (Å²) < 4.78 is 51.5. The summed E-state index contributed by atoms with van der Waals surface area (Å²) in [5.41, 5.74) is 9.49. The molecule has 12 rings (SSSR count). The molecule has 4 fully saturated rings. The molecule has 1 saturated carbocycles. The van der Waals surface area contributed by atoms with Gasteiger partial charge < -0.3 is 53.9 Å². The van der Waals surface area contributed by atoms with Crippen molar-refractivity contribution in [1.82, 2.24) is 54.8 Å². The minimum absolute atomic E-state index is 0.0242. The maximum absolute atomic E-state index is 17.0. The van der Waals surface area contributed by atoms with E-state index in [1.165, 1.54) is 20.9 Å². The van der Waals surface area contributed by atoms with Crippen LogP contribution in [0.15, 0.2) is 78.6 Å². The van der Waals surface area contributed by atoms with E-state index in [0.29, 0.717) is 87.6 Å². The van der Waals surface area contributed by atoms with E-state index in [1.807, 2.05) is 104 Å². The Morgan fingerprint density at radius 1 is 0.935 bits per heavy atom. The highest BCUT2D eigenvalue weighted by molar-refractivity contribution is 7.13. The van der Waals surface area contributed by atoms with Crippen LogP contribution in [-0.2, 0) is 30.4 Å². The molecule has 24 heteroatoms. The third-order valence-corrected chi connectivity index (χ3v) is 19.3.